The highest BCUT2D eigenvalue weighted by molar-refractivity contribution is 5.81. The molecule has 1 aliphatic heterocycles. The first-order valence-electron chi connectivity index (χ1n) is 4.89. The molecule has 1 saturated heterocycles. The number of rotatable bonds is 3. The van der Waals surface area contributed by atoms with Crippen LogP contribution in [0.25, 0.3) is 0 Å². The maximum absolute atomic E-state index is 11.5. The lowest BCUT2D eigenvalue weighted by molar-refractivity contribution is -0.140. The van der Waals surface area contributed by atoms with E-state index < -0.39 is 6.10 Å². The quantitative estimate of drug-likeness (QED) is 0.581. The first-order chi connectivity index (χ1) is 6.56. The maximum atomic E-state index is 11.5. The molecule has 3 N–H and O–H groups in total. The van der Waals surface area contributed by atoms with Gasteiger partial charge in [0.05, 0.1) is 0 Å². The molecule has 14 heavy (non-hydrogen) atoms. The van der Waals surface area contributed by atoms with Crippen molar-refractivity contribution in [2.24, 2.45) is 5.73 Å². The zero-order chi connectivity index (χ0) is 10.7. The molecule has 5 nitrogen and oxygen atoms in total. The summed E-state index contributed by atoms with van der Waals surface area (Å²) in [5, 5.41) is 9.29. The Balaban J connectivity index is 2.48. The molecule has 0 spiro atoms. The third-order valence-corrected chi connectivity index (χ3v) is 2.77. The number of amides is 1. The van der Waals surface area contributed by atoms with E-state index in [0.29, 0.717) is 0 Å². The van der Waals surface area contributed by atoms with Gasteiger partial charge >= 0.3 is 0 Å². The second-order valence-corrected chi connectivity index (χ2v) is 3.91. The SMILES string of the molecule is CN1CCC(N(C)C(=O)C(O)CN)C1. The molecule has 2 atom stereocenters. The summed E-state index contributed by atoms with van der Waals surface area (Å²) < 4.78 is 0. The summed E-state index contributed by atoms with van der Waals surface area (Å²) in [6.07, 6.45) is -0.0818. The maximum Gasteiger partial charge on any atom is 0.252 e. The van der Waals surface area contributed by atoms with Gasteiger partial charge < -0.3 is 20.6 Å². The lowest BCUT2D eigenvalue weighted by Crippen LogP contribution is -2.46. The van der Waals surface area contributed by atoms with Crippen LogP contribution < -0.4 is 5.73 Å². The van der Waals surface area contributed by atoms with Crippen LogP contribution in [0, 0.1) is 0 Å². The number of nitrogens with two attached hydrogens (primary N) is 1. The summed E-state index contributed by atoms with van der Waals surface area (Å²) >= 11 is 0. The average molecular weight is 201 g/mol. The molecular weight excluding hydrogens is 182 g/mol. The minimum atomic E-state index is -1.05. The third-order valence-electron chi connectivity index (χ3n) is 2.77. The topological polar surface area (TPSA) is 69.8 Å². The minimum absolute atomic E-state index is 0.00820. The smallest absolute Gasteiger partial charge is 0.252 e. The highest BCUT2D eigenvalue weighted by Gasteiger charge is 2.28. The van der Waals surface area contributed by atoms with Gasteiger partial charge in [-0.25, -0.2) is 0 Å². The standard InChI is InChI=1S/C9H19N3O2/c1-11-4-3-7(6-11)12(2)9(14)8(13)5-10/h7-8,13H,3-6,10H2,1-2H3. The van der Waals surface area contributed by atoms with Crippen molar-refractivity contribution < 1.29 is 9.90 Å². The van der Waals surface area contributed by atoms with Gasteiger partial charge in [0.2, 0.25) is 0 Å². The first-order valence-corrected chi connectivity index (χ1v) is 4.89. The van der Waals surface area contributed by atoms with Crippen LogP contribution in [-0.2, 0) is 4.79 Å². The molecular formula is C9H19N3O2. The highest BCUT2D eigenvalue weighted by Crippen LogP contribution is 2.13. The van der Waals surface area contributed by atoms with E-state index >= 15 is 0 Å². The van der Waals surface area contributed by atoms with Gasteiger partial charge in [0.15, 0.2) is 0 Å². The summed E-state index contributed by atoms with van der Waals surface area (Å²) in [6.45, 7) is 1.87. The fourth-order valence-electron chi connectivity index (χ4n) is 1.74. The lowest BCUT2D eigenvalue weighted by atomic mass is 10.2. The van der Waals surface area contributed by atoms with Crippen LogP contribution >= 0.6 is 0 Å². The second-order valence-electron chi connectivity index (χ2n) is 3.91. The number of aliphatic hydroxyl groups excluding tert-OH is 1. The molecule has 0 aromatic rings. The van der Waals surface area contributed by atoms with E-state index in [1.165, 1.54) is 0 Å². The Morgan fingerprint density at radius 2 is 2.43 bits per heavy atom. The Bertz CT molecular complexity index is 210. The summed E-state index contributed by atoms with van der Waals surface area (Å²) in [5.41, 5.74) is 5.23. The van der Waals surface area contributed by atoms with Gasteiger partial charge in [-0.1, -0.05) is 0 Å². The molecule has 0 saturated carbocycles. The Hall–Kier alpha value is -0.650. The molecule has 5 heteroatoms. The van der Waals surface area contributed by atoms with E-state index in [1.54, 1.807) is 11.9 Å². The number of carbonyl (C=O) groups is 1. The summed E-state index contributed by atoms with van der Waals surface area (Å²) in [4.78, 5) is 15.3. The largest absolute Gasteiger partial charge is 0.382 e. The van der Waals surface area contributed by atoms with Gasteiger partial charge in [0, 0.05) is 26.2 Å². The van der Waals surface area contributed by atoms with Crippen LogP contribution in [0.1, 0.15) is 6.42 Å². The summed E-state index contributed by atoms with van der Waals surface area (Å²) in [6, 6.07) is 0.216. The fraction of sp³-hybridized carbons (Fsp3) is 0.889. The van der Waals surface area contributed by atoms with Crippen LogP contribution in [0.2, 0.25) is 0 Å². The van der Waals surface area contributed by atoms with Crippen LogP contribution in [-0.4, -0.2) is 66.7 Å². The Morgan fingerprint density at radius 1 is 1.79 bits per heavy atom. The van der Waals surface area contributed by atoms with Gasteiger partial charge in [-0.05, 0) is 20.0 Å². The van der Waals surface area contributed by atoms with Gasteiger partial charge in [-0.2, -0.15) is 0 Å². The molecule has 0 bridgehead atoms. The Kier molecular flexibility index (Phi) is 3.86. The van der Waals surface area contributed by atoms with Crippen molar-refractivity contribution in [3.05, 3.63) is 0 Å². The van der Waals surface area contributed by atoms with Crippen molar-refractivity contribution in [3.63, 3.8) is 0 Å². The lowest BCUT2D eigenvalue weighted by Gasteiger charge is -2.26. The normalized spacial score (nSPS) is 25.0. The zero-order valence-electron chi connectivity index (χ0n) is 8.81. The van der Waals surface area contributed by atoms with Gasteiger partial charge in [-0.3, -0.25) is 4.79 Å². The van der Waals surface area contributed by atoms with Gasteiger partial charge in [0.25, 0.3) is 5.91 Å². The van der Waals surface area contributed by atoms with Crippen molar-refractivity contribution in [2.45, 2.75) is 18.6 Å². The van der Waals surface area contributed by atoms with E-state index in [2.05, 4.69) is 4.90 Å². The number of carbonyl (C=O) groups excluding carboxylic acids is 1. The van der Waals surface area contributed by atoms with Crippen LogP contribution in [0.5, 0.6) is 0 Å². The predicted molar refractivity (Wildman–Crippen MR) is 53.7 cm³/mol. The molecule has 82 valence electrons. The van der Waals surface area contributed by atoms with Crippen LogP contribution in [0.3, 0.4) is 0 Å². The van der Waals surface area contributed by atoms with E-state index in [0.717, 1.165) is 19.5 Å². The molecule has 2 unspecified atom stereocenters. The van der Waals surface area contributed by atoms with Crippen LogP contribution in [0.4, 0.5) is 0 Å². The zero-order valence-corrected chi connectivity index (χ0v) is 8.81. The van der Waals surface area contributed by atoms with E-state index in [-0.39, 0.29) is 18.5 Å². The second kappa shape index (κ2) is 4.72. The minimum Gasteiger partial charge on any atom is -0.382 e. The average Bonchev–Trinajstić information content (AvgIpc) is 2.61. The van der Waals surface area contributed by atoms with Crippen molar-refractivity contribution in [3.8, 4) is 0 Å². The van der Waals surface area contributed by atoms with Crippen molar-refractivity contribution in [1.29, 1.82) is 0 Å². The monoisotopic (exact) mass is 201 g/mol. The number of likely N-dealkylation sites (N-methyl/N-ethyl adjacent to an activating group) is 2. The number of hydrogen-bond donors (Lipinski definition) is 2. The van der Waals surface area contributed by atoms with Crippen molar-refractivity contribution in [2.75, 3.05) is 33.7 Å². The highest BCUT2D eigenvalue weighted by atomic mass is 16.3. The Morgan fingerprint density at radius 3 is 2.86 bits per heavy atom. The van der Waals surface area contributed by atoms with E-state index in [1.807, 2.05) is 7.05 Å². The number of likely N-dealkylation sites (tertiary alicyclic amines) is 1. The molecule has 0 aromatic heterocycles. The third kappa shape index (κ3) is 2.43. The number of hydrogen-bond acceptors (Lipinski definition) is 4. The first kappa shape index (κ1) is 11.4. The van der Waals surface area contributed by atoms with Crippen molar-refractivity contribution >= 4 is 5.91 Å². The molecule has 0 aromatic carbocycles. The molecule has 1 fully saturated rings. The number of nitrogens with zero attached hydrogens (tertiary/aromatic N) is 2. The van der Waals surface area contributed by atoms with Crippen LogP contribution in [0.15, 0.2) is 0 Å². The van der Waals surface area contributed by atoms with Gasteiger partial charge in [0.1, 0.15) is 6.10 Å². The molecule has 1 aliphatic rings. The van der Waals surface area contributed by atoms with E-state index in [9.17, 15) is 9.90 Å². The van der Waals surface area contributed by atoms with E-state index in [4.69, 9.17) is 5.73 Å². The molecule has 0 radical (unpaired) electrons. The molecule has 1 rings (SSSR count). The van der Waals surface area contributed by atoms with Gasteiger partial charge in [-0.15, -0.1) is 0 Å². The fourth-order valence-corrected chi connectivity index (χ4v) is 1.74. The molecule has 1 amide bonds. The Labute approximate surface area is 84.5 Å². The molecule has 0 aliphatic carbocycles. The summed E-state index contributed by atoms with van der Waals surface area (Å²) in [7, 11) is 3.75. The predicted octanol–water partition coefficient (Wildman–Crippen LogP) is -1.53. The number of aliphatic hydroxyl groups is 1. The summed E-state index contributed by atoms with van der Waals surface area (Å²) in [5.74, 6) is -0.271. The molecule has 1 heterocycles. The van der Waals surface area contributed by atoms with Crippen molar-refractivity contribution in [1.82, 2.24) is 9.80 Å².